The number of nitrogens with one attached hydrogen (secondary N) is 1. The van der Waals surface area contributed by atoms with Crippen LogP contribution in [0.15, 0.2) is 5.16 Å². The van der Waals surface area contributed by atoms with E-state index in [9.17, 15) is 13.2 Å². The van der Waals surface area contributed by atoms with Gasteiger partial charge >= 0.3 is 0 Å². The van der Waals surface area contributed by atoms with Crippen LogP contribution >= 0.6 is 0 Å². The first-order chi connectivity index (χ1) is 7.31. The van der Waals surface area contributed by atoms with E-state index in [4.69, 9.17) is 5.21 Å². The van der Waals surface area contributed by atoms with Gasteiger partial charge in [-0.25, -0.2) is 8.42 Å². The Morgan fingerprint density at radius 2 is 1.94 bits per heavy atom. The maximum atomic E-state index is 11.6. The van der Waals surface area contributed by atoms with Crippen LogP contribution < -0.4 is 5.32 Å². The summed E-state index contributed by atoms with van der Waals surface area (Å²) in [5.41, 5.74) is 0. The average molecular weight is 250 g/mol. The van der Waals surface area contributed by atoms with Crippen LogP contribution in [0.3, 0.4) is 0 Å². The number of nitrogens with zero attached hydrogens (tertiary/aromatic N) is 1. The van der Waals surface area contributed by atoms with Crippen molar-refractivity contribution in [3.63, 3.8) is 0 Å². The van der Waals surface area contributed by atoms with Gasteiger partial charge in [0.15, 0.2) is 14.9 Å². The number of oxime groups is 1. The molecule has 0 fully saturated rings. The van der Waals surface area contributed by atoms with Crippen LogP contribution in [-0.2, 0) is 14.6 Å². The molecule has 0 radical (unpaired) electrons. The molecule has 0 aromatic heterocycles. The molecule has 1 atom stereocenters. The van der Waals surface area contributed by atoms with Crippen LogP contribution in [0.4, 0.5) is 0 Å². The van der Waals surface area contributed by atoms with Gasteiger partial charge in [-0.2, -0.15) is 0 Å². The lowest BCUT2D eigenvalue weighted by molar-refractivity contribution is -0.123. The molecular formula is C9H18N2O4S. The fourth-order valence-electron chi connectivity index (χ4n) is 1.32. The topological polar surface area (TPSA) is 95.8 Å². The zero-order valence-corrected chi connectivity index (χ0v) is 10.7. The lowest BCUT2D eigenvalue weighted by atomic mass is 9.96. The van der Waals surface area contributed by atoms with Gasteiger partial charge in [0, 0.05) is 7.05 Å². The van der Waals surface area contributed by atoms with Gasteiger partial charge < -0.3 is 10.5 Å². The van der Waals surface area contributed by atoms with Gasteiger partial charge in [-0.1, -0.05) is 25.9 Å². The van der Waals surface area contributed by atoms with Gasteiger partial charge in [-0.05, 0) is 5.92 Å². The first-order valence-electron chi connectivity index (χ1n) is 4.98. The average Bonchev–Trinajstić information content (AvgIpc) is 2.23. The Labute approximate surface area is 95.6 Å². The zero-order valence-electron chi connectivity index (χ0n) is 9.89. The number of carbonyl (C=O) groups excluding carboxylic acids is 1. The highest BCUT2D eigenvalue weighted by Crippen LogP contribution is 2.17. The van der Waals surface area contributed by atoms with E-state index >= 15 is 0 Å². The minimum absolute atomic E-state index is 0.202. The Morgan fingerprint density at radius 3 is 2.19 bits per heavy atom. The summed E-state index contributed by atoms with van der Waals surface area (Å²) in [6.45, 7) is 4.81. The second kappa shape index (κ2) is 5.83. The second-order valence-electron chi connectivity index (χ2n) is 3.68. The third-order valence-electron chi connectivity index (χ3n) is 2.26. The summed E-state index contributed by atoms with van der Waals surface area (Å²) in [6, 6.07) is 0. The second-order valence-corrected chi connectivity index (χ2v) is 5.90. The van der Waals surface area contributed by atoms with E-state index in [0.29, 0.717) is 0 Å². The normalized spacial score (nSPS) is 14.9. The number of amides is 1. The third-order valence-corrected chi connectivity index (χ3v) is 3.99. The van der Waals surface area contributed by atoms with Crippen molar-refractivity contribution in [2.24, 2.45) is 17.0 Å². The molecule has 0 aromatic carbocycles. The number of hydrogen-bond donors (Lipinski definition) is 2. The van der Waals surface area contributed by atoms with Crippen LogP contribution in [0.2, 0.25) is 0 Å². The van der Waals surface area contributed by atoms with Crippen molar-refractivity contribution in [3.8, 4) is 0 Å². The van der Waals surface area contributed by atoms with E-state index in [2.05, 4.69) is 10.5 Å². The van der Waals surface area contributed by atoms with Crippen molar-refractivity contribution in [2.45, 2.75) is 20.8 Å². The van der Waals surface area contributed by atoms with Crippen LogP contribution in [-0.4, -0.2) is 37.4 Å². The van der Waals surface area contributed by atoms with Crippen molar-refractivity contribution in [3.05, 3.63) is 0 Å². The molecule has 2 N–H and O–H groups in total. The molecular weight excluding hydrogens is 232 g/mol. The highest BCUT2D eigenvalue weighted by molar-refractivity contribution is 8.06. The standard InChI is InChI=1S/C9H18N2O4S/c1-5-16(14,15)9(11-13)7(6(2)3)8(12)10-4/h6-7,13H,5H2,1-4H3,(H,10,12)/b11-9-. The summed E-state index contributed by atoms with van der Waals surface area (Å²) in [7, 11) is -2.26. The van der Waals surface area contributed by atoms with Crippen molar-refractivity contribution in [1.82, 2.24) is 5.32 Å². The molecule has 1 unspecified atom stereocenters. The Morgan fingerprint density at radius 1 is 1.44 bits per heavy atom. The van der Waals surface area contributed by atoms with Gasteiger partial charge in [-0.15, -0.1) is 0 Å². The highest BCUT2D eigenvalue weighted by Gasteiger charge is 2.35. The molecule has 0 aliphatic carbocycles. The molecule has 16 heavy (non-hydrogen) atoms. The molecule has 0 saturated carbocycles. The quantitative estimate of drug-likeness (QED) is 0.323. The number of sulfone groups is 1. The fraction of sp³-hybridized carbons (Fsp3) is 0.778. The number of carbonyl (C=O) groups is 1. The van der Waals surface area contributed by atoms with E-state index in [1.165, 1.54) is 14.0 Å². The van der Waals surface area contributed by atoms with E-state index in [1.54, 1.807) is 13.8 Å². The summed E-state index contributed by atoms with van der Waals surface area (Å²) < 4.78 is 23.3. The molecule has 0 rings (SSSR count). The Hall–Kier alpha value is -1.11. The smallest absolute Gasteiger partial charge is 0.230 e. The first kappa shape index (κ1) is 14.9. The van der Waals surface area contributed by atoms with E-state index in [-0.39, 0.29) is 11.7 Å². The molecule has 1 amide bonds. The minimum atomic E-state index is -3.67. The van der Waals surface area contributed by atoms with Crippen molar-refractivity contribution < 1.29 is 18.4 Å². The Balaban J connectivity index is 5.45. The highest BCUT2D eigenvalue weighted by atomic mass is 32.2. The molecule has 94 valence electrons. The molecule has 0 bridgehead atoms. The number of hydrogen-bond acceptors (Lipinski definition) is 5. The molecule has 6 nitrogen and oxygen atoms in total. The van der Waals surface area contributed by atoms with E-state index < -0.39 is 26.7 Å². The third kappa shape index (κ3) is 3.19. The predicted octanol–water partition coefficient (Wildman–Crippen LogP) is 0.227. The lowest BCUT2D eigenvalue weighted by Gasteiger charge is -2.19. The Bertz CT molecular complexity index is 373. The molecule has 0 aliphatic heterocycles. The Kier molecular flexibility index (Phi) is 5.43. The van der Waals surface area contributed by atoms with Crippen molar-refractivity contribution in [1.29, 1.82) is 0 Å². The van der Waals surface area contributed by atoms with Gasteiger partial charge in [0.2, 0.25) is 5.91 Å². The maximum absolute atomic E-state index is 11.6. The van der Waals surface area contributed by atoms with Gasteiger partial charge in [0.1, 0.15) is 0 Å². The molecule has 0 heterocycles. The summed E-state index contributed by atoms with van der Waals surface area (Å²) in [5.74, 6) is -1.90. The first-order valence-corrected chi connectivity index (χ1v) is 6.63. The lowest BCUT2D eigenvalue weighted by Crippen LogP contribution is -2.40. The van der Waals surface area contributed by atoms with Crippen LogP contribution in [0.25, 0.3) is 0 Å². The van der Waals surface area contributed by atoms with E-state index in [1.807, 2.05) is 0 Å². The summed E-state index contributed by atoms with van der Waals surface area (Å²) in [5, 5.41) is 13.5. The van der Waals surface area contributed by atoms with E-state index in [0.717, 1.165) is 0 Å². The molecule has 0 aromatic rings. The summed E-state index contributed by atoms with van der Waals surface area (Å²) >= 11 is 0. The summed E-state index contributed by atoms with van der Waals surface area (Å²) in [4.78, 5) is 11.5. The minimum Gasteiger partial charge on any atom is -0.410 e. The monoisotopic (exact) mass is 250 g/mol. The van der Waals surface area contributed by atoms with Gasteiger partial charge in [-0.3, -0.25) is 4.79 Å². The zero-order chi connectivity index (χ0) is 12.9. The maximum Gasteiger partial charge on any atom is 0.230 e. The van der Waals surface area contributed by atoms with Crippen LogP contribution in [0.5, 0.6) is 0 Å². The molecule has 0 saturated heterocycles. The molecule has 0 spiro atoms. The SMILES string of the molecule is CCS(=O)(=O)/C(=N\O)C(C(=O)NC)C(C)C. The number of rotatable bonds is 4. The largest absolute Gasteiger partial charge is 0.410 e. The van der Waals surface area contributed by atoms with Crippen LogP contribution in [0, 0.1) is 11.8 Å². The molecule has 0 aliphatic rings. The van der Waals surface area contributed by atoms with Gasteiger partial charge in [0.25, 0.3) is 0 Å². The predicted molar refractivity (Wildman–Crippen MR) is 61.1 cm³/mol. The van der Waals surface area contributed by atoms with Crippen molar-refractivity contribution >= 4 is 20.8 Å². The molecule has 7 heteroatoms. The summed E-state index contributed by atoms with van der Waals surface area (Å²) in [6.07, 6.45) is 0. The van der Waals surface area contributed by atoms with Crippen molar-refractivity contribution in [2.75, 3.05) is 12.8 Å². The van der Waals surface area contributed by atoms with Gasteiger partial charge in [0.05, 0.1) is 11.7 Å². The van der Waals surface area contributed by atoms with Crippen LogP contribution in [0.1, 0.15) is 20.8 Å². The fourth-order valence-corrected chi connectivity index (χ4v) is 2.51.